The Morgan fingerprint density at radius 1 is 1.57 bits per heavy atom. The first kappa shape index (κ1) is 12.9. The zero-order valence-electron chi connectivity index (χ0n) is 9.54. The van der Waals surface area contributed by atoms with Crippen LogP contribution in [0.1, 0.15) is 13.8 Å². The van der Waals surface area contributed by atoms with E-state index >= 15 is 0 Å². The quantitative estimate of drug-likeness (QED) is 0.221. The molecule has 1 unspecified atom stereocenters. The molecule has 0 fully saturated rings. The van der Waals surface area contributed by atoms with E-state index in [0.29, 0.717) is 10.1 Å². The second kappa shape index (κ2) is 4.96. The molecule has 0 heterocycles. The number of carbonyl (C=O) groups is 1. The zero-order valence-corrected chi connectivity index (χ0v) is 9.54. The van der Waals surface area contributed by atoms with Crippen molar-refractivity contribution in [3.05, 3.63) is 24.8 Å². The van der Waals surface area contributed by atoms with E-state index in [2.05, 4.69) is 13.2 Å². The maximum Gasteiger partial charge on any atom is 0.337 e. The number of esters is 1. The van der Waals surface area contributed by atoms with Gasteiger partial charge >= 0.3 is 5.97 Å². The van der Waals surface area contributed by atoms with Gasteiger partial charge in [-0.3, -0.25) is 4.48 Å². The smallest absolute Gasteiger partial charge is 0.337 e. The molecule has 0 aliphatic rings. The Hall–Kier alpha value is -1.09. The Balaban J connectivity index is 4.32. The molecule has 0 aromatic carbocycles. The van der Waals surface area contributed by atoms with Gasteiger partial charge in [-0.25, -0.2) is 4.79 Å². The predicted octanol–water partition coefficient (Wildman–Crippen LogP) is 1.71. The van der Waals surface area contributed by atoms with E-state index < -0.39 is 0 Å². The fourth-order valence-corrected chi connectivity index (χ4v) is 0.879. The van der Waals surface area contributed by atoms with Gasteiger partial charge in [0.05, 0.1) is 20.6 Å². The summed E-state index contributed by atoms with van der Waals surface area (Å²) in [4.78, 5) is 11.2. The molecule has 0 spiro atoms. The van der Waals surface area contributed by atoms with Crippen LogP contribution in [-0.2, 0) is 9.53 Å². The summed E-state index contributed by atoms with van der Waals surface area (Å²) >= 11 is 0. The second-order valence-corrected chi connectivity index (χ2v) is 4.03. The van der Waals surface area contributed by atoms with Crippen LogP contribution in [0, 0.1) is 0 Å². The van der Waals surface area contributed by atoms with Crippen LogP contribution in [0.15, 0.2) is 24.8 Å². The Kier molecular flexibility index (Phi) is 4.57. The van der Waals surface area contributed by atoms with Crippen LogP contribution in [0.25, 0.3) is 0 Å². The molecule has 1 atom stereocenters. The summed E-state index contributed by atoms with van der Waals surface area (Å²) in [6.45, 7) is 11.5. The van der Waals surface area contributed by atoms with Gasteiger partial charge in [0.2, 0.25) is 6.23 Å². The van der Waals surface area contributed by atoms with E-state index in [0.717, 1.165) is 6.54 Å². The van der Waals surface area contributed by atoms with Crippen LogP contribution in [-0.4, -0.2) is 37.3 Å². The molecule has 0 saturated heterocycles. The van der Waals surface area contributed by atoms with Crippen LogP contribution < -0.4 is 0 Å². The normalized spacial score (nSPS) is 13.1. The summed E-state index contributed by atoms with van der Waals surface area (Å²) in [6.07, 6.45) is 1.61. The van der Waals surface area contributed by atoms with Crippen LogP contribution >= 0.6 is 0 Å². The second-order valence-electron chi connectivity index (χ2n) is 4.03. The number of likely N-dealkylation sites (N-methyl/N-ethyl adjacent to an activating group) is 1. The van der Waals surface area contributed by atoms with E-state index in [4.69, 9.17) is 4.74 Å². The van der Waals surface area contributed by atoms with Crippen molar-refractivity contribution in [2.75, 3.05) is 20.6 Å². The van der Waals surface area contributed by atoms with E-state index in [9.17, 15) is 4.79 Å². The minimum Gasteiger partial charge on any atom is -0.409 e. The largest absolute Gasteiger partial charge is 0.409 e. The van der Waals surface area contributed by atoms with Gasteiger partial charge in [-0.1, -0.05) is 13.2 Å². The summed E-state index contributed by atoms with van der Waals surface area (Å²) in [7, 11) is 3.97. The van der Waals surface area contributed by atoms with Crippen molar-refractivity contribution in [1.82, 2.24) is 0 Å². The van der Waals surface area contributed by atoms with Gasteiger partial charge in [-0.15, -0.1) is 0 Å². The van der Waals surface area contributed by atoms with E-state index in [1.54, 1.807) is 6.92 Å². The first-order valence-electron chi connectivity index (χ1n) is 4.61. The zero-order chi connectivity index (χ0) is 11.4. The fourth-order valence-electron chi connectivity index (χ4n) is 0.879. The van der Waals surface area contributed by atoms with Crippen molar-refractivity contribution in [2.45, 2.75) is 20.1 Å². The standard InChI is InChI=1S/C11H20NO2/c1-7-8-12(5,6)10(4)14-11(13)9(2)3/h7,10H,1-2,8H2,3-6H3/q+1. The van der Waals surface area contributed by atoms with Crippen LogP contribution in [0.4, 0.5) is 0 Å². The summed E-state index contributed by atoms with van der Waals surface area (Å²) in [5.74, 6) is -0.340. The van der Waals surface area contributed by atoms with E-state index in [1.807, 2.05) is 27.1 Å². The highest BCUT2D eigenvalue weighted by atomic mass is 16.6. The maximum absolute atomic E-state index is 11.2. The highest BCUT2D eigenvalue weighted by molar-refractivity contribution is 5.86. The molecule has 0 aliphatic heterocycles. The Bertz CT molecular complexity index is 244. The lowest BCUT2D eigenvalue weighted by Gasteiger charge is -2.33. The molecule has 14 heavy (non-hydrogen) atoms. The molecule has 0 saturated carbocycles. The molecule has 0 amide bonds. The average molecular weight is 198 g/mol. The fraction of sp³-hybridized carbons (Fsp3) is 0.545. The molecule has 0 N–H and O–H groups in total. The monoisotopic (exact) mass is 198 g/mol. The number of hydrogen-bond donors (Lipinski definition) is 0. The van der Waals surface area contributed by atoms with Crippen LogP contribution in [0.3, 0.4) is 0 Å². The molecular weight excluding hydrogens is 178 g/mol. The first-order valence-corrected chi connectivity index (χ1v) is 4.61. The summed E-state index contributed by atoms with van der Waals surface area (Å²) in [6, 6.07) is 0. The molecule has 80 valence electrons. The Labute approximate surface area is 86.3 Å². The molecule has 0 aromatic heterocycles. The number of rotatable bonds is 5. The van der Waals surface area contributed by atoms with E-state index in [1.165, 1.54) is 0 Å². The average Bonchev–Trinajstić information content (AvgIpc) is 2.03. The van der Waals surface area contributed by atoms with Gasteiger partial charge in [-0.2, -0.15) is 0 Å². The van der Waals surface area contributed by atoms with Crippen molar-refractivity contribution in [3.8, 4) is 0 Å². The molecule has 0 bridgehead atoms. The molecule has 0 aliphatic carbocycles. The molecule has 0 rings (SSSR count). The maximum atomic E-state index is 11.2. The molecule has 3 heteroatoms. The third-order valence-electron chi connectivity index (χ3n) is 2.21. The molecule has 3 nitrogen and oxygen atoms in total. The molecule has 0 aromatic rings. The van der Waals surface area contributed by atoms with Gasteiger partial charge in [0.1, 0.15) is 0 Å². The van der Waals surface area contributed by atoms with Crippen molar-refractivity contribution in [1.29, 1.82) is 0 Å². The Morgan fingerprint density at radius 2 is 2.07 bits per heavy atom. The predicted molar refractivity (Wildman–Crippen MR) is 57.5 cm³/mol. The third kappa shape index (κ3) is 3.75. The Morgan fingerprint density at radius 3 is 2.43 bits per heavy atom. The van der Waals surface area contributed by atoms with Crippen LogP contribution in [0.5, 0.6) is 0 Å². The summed E-state index contributed by atoms with van der Waals surface area (Å²) in [5.41, 5.74) is 0.426. The summed E-state index contributed by atoms with van der Waals surface area (Å²) in [5, 5.41) is 0. The highest BCUT2D eigenvalue weighted by Gasteiger charge is 2.25. The lowest BCUT2D eigenvalue weighted by molar-refractivity contribution is -0.927. The minimum absolute atomic E-state index is 0.197. The van der Waals surface area contributed by atoms with Gasteiger partial charge in [0.25, 0.3) is 0 Å². The lowest BCUT2D eigenvalue weighted by Crippen LogP contribution is -2.49. The lowest BCUT2D eigenvalue weighted by atomic mass is 10.3. The SMILES string of the molecule is C=CC[N+](C)(C)C(C)OC(=O)C(=C)C. The first-order chi connectivity index (χ1) is 6.31. The number of ether oxygens (including phenoxy) is 1. The van der Waals surface area contributed by atoms with Gasteiger partial charge in [-0.05, 0) is 13.0 Å². The van der Waals surface area contributed by atoms with Crippen molar-refractivity contribution >= 4 is 5.97 Å². The van der Waals surface area contributed by atoms with Gasteiger partial charge < -0.3 is 4.74 Å². The number of quaternary nitrogens is 1. The molecule has 0 radical (unpaired) electrons. The topological polar surface area (TPSA) is 26.3 Å². The summed E-state index contributed by atoms with van der Waals surface area (Å²) < 4.78 is 5.79. The third-order valence-corrected chi connectivity index (χ3v) is 2.21. The van der Waals surface area contributed by atoms with Crippen molar-refractivity contribution in [2.24, 2.45) is 0 Å². The molecular formula is C11H20NO2+. The number of carbonyl (C=O) groups excluding carboxylic acids is 1. The number of hydrogen-bond acceptors (Lipinski definition) is 2. The van der Waals surface area contributed by atoms with Gasteiger partial charge in [0.15, 0.2) is 0 Å². The van der Waals surface area contributed by atoms with Crippen LogP contribution in [0.2, 0.25) is 0 Å². The minimum atomic E-state index is -0.340. The van der Waals surface area contributed by atoms with Crippen molar-refractivity contribution < 1.29 is 14.0 Å². The van der Waals surface area contributed by atoms with Crippen molar-refractivity contribution in [3.63, 3.8) is 0 Å². The number of nitrogens with zero attached hydrogens (tertiary/aromatic N) is 1. The van der Waals surface area contributed by atoms with E-state index in [-0.39, 0.29) is 12.2 Å². The highest BCUT2D eigenvalue weighted by Crippen LogP contribution is 2.09. The van der Waals surface area contributed by atoms with Gasteiger partial charge in [0, 0.05) is 12.5 Å².